The minimum absolute atomic E-state index is 0.180. The summed E-state index contributed by atoms with van der Waals surface area (Å²) in [5.41, 5.74) is -1.64. The summed E-state index contributed by atoms with van der Waals surface area (Å²) in [6.45, 7) is 17.6. The van der Waals surface area contributed by atoms with Crippen LogP contribution in [0.2, 0.25) is 0 Å². The fraction of sp³-hybridized carbons (Fsp3) is 0.958. The molecule has 1 fully saturated rings. The lowest BCUT2D eigenvalue weighted by Crippen LogP contribution is -2.45. The molecule has 0 aromatic carbocycles. The van der Waals surface area contributed by atoms with Crippen LogP contribution in [0.1, 0.15) is 81.1 Å². The second-order valence-corrected chi connectivity index (χ2v) is 14.7. The Morgan fingerprint density at radius 3 is 2.03 bits per heavy atom. The van der Waals surface area contributed by atoms with Crippen LogP contribution in [0.15, 0.2) is 0 Å². The topological polar surface area (TPSA) is 68.3 Å². The molecule has 1 aliphatic rings. The van der Waals surface area contributed by atoms with Gasteiger partial charge in [0.15, 0.2) is 0 Å². The van der Waals surface area contributed by atoms with Gasteiger partial charge >= 0.3 is 12.8 Å². The maximum Gasteiger partial charge on any atom is 0.390 e. The highest BCUT2D eigenvalue weighted by Crippen LogP contribution is 2.65. The first-order valence-electron chi connectivity index (χ1n) is 12.4. The van der Waals surface area contributed by atoms with Crippen molar-refractivity contribution in [2.24, 2.45) is 5.41 Å². The molecular formula is C24H49N2O5PS. The summed E-state index contributed by atoms with van der Waals surface area (Å²) in [5.74, 6) is 0.149. The van der Waals surface area contributed by atoms with Gasteiger partial charge in [0.25, 0.3) is 0 Å². The van der Waals surface area contributed by atoms with Crippen LogP contribution in [0.4, 0.5) is 0 Å². The third-order valence-electron chi connectivity index (χ3n) is 6.81. The third kappa shape index (κ3) is 11.0. The van der Waals surface area contributed by atoms with Crippen LogP contribution in [-0.4, -0.2) is 79.1 Å². The van der Waals surface area contributed by atoms with Crippen molar-refractivity contribution < 1.29 is 23.1 Å². The number of rotatable bonds is 15. The molecule has 0 saturated carbocycles. The van der Waals surface area contributed by atoms with E-state index in [1.54, 1.807) is 0 Å². The fourth-order valence-corrected chi connectivity index (χ4v) is 7.59. The lowest BCUT2D eigenvalue weighted by atomic mass is 9.89. The maximum absolute atomic E-state index is 13.6. The van der Waals surface area contributed by atoms with Gasteiger partial charge in [-0.1, -0.05) is 20.8 Å². The van der Waals surface area contributed by atoms with Gasteiger partial charge in [0.1, 0.15) is 6.61 Å². The van der Waals surface area contributed by atoms with Crippen LogP contribution in [0.5, 0.6) is 0 Å². The number of carbonyl (C=O) groups excluding carboxylic acids is 1. The SMILES string of the molecule is CCC(C)(C)OP(=O)(OC(C)(CC)CC)SCCOC(=O)C(C)(C)CCN1CCN(C)CC1. The van der Waals surface area contributed by atoms with E-state index in [2.05, 4.69) is 16.8 Å². The Bertz CT molecular complexity index is 647. The number of piperazine rings is 1. The normalized spacial score (nSPS) is 18.8. The van der Waals surface area contributed by atoms with E-state index in [0.717, 1.165) is 63.4 Å². The van der Waals surface area contributed by atoms with E-state index in [1.807, 2.05) is 55.4 Å². The molecule has 1 unspecified atom stereocenters. The molecule has 0 N–H and O–H groups in total. The van der Waals surface area contributed by atoms with Crippen molar-refractivity contribution >= 4 is 24.1 Å². The molecule has 1 heterocycles. The fourth-order valence-electron chi connectivity index (χ4n) is 3.18. The molecule has 1 aliphatic heterocycles. The first kappa shape index (κ1) is 30.9. The van der Waals surface area contributed by atoms with Crippen molar-refractivity contribution in [1.29, 1.82) is 0 Å². The summed E-state index contributed by atoms with van der Waals surface area (Å²) in [5, 5.41) is 0. The van der Waals surface area contributed by atoms with Gasteiger partial charge in [-0.25, -0.2) is 4.57 Å². The number of nitrogens with zero attached hydrogens (tertiary/aromatic N) is 2. The summed E-state index contributed by atoms with van der Waals surface area (Å²) in [6.07, 6.45) is 2.94. The number of esters is 1. The summed E-state index contributed by atoms with van der Waals surface area (Å²) in [6, 6.07) is 0. The Balaban J connectivity index is 2.59. The number of likely N-dealkylation sites (N-methyl/N-ethyl adjacent to an activating group) is 1. The zero-order chi connectivity index (χ0) is 25.3. The summed E-state index contributed by atoms with van der Waals surface area (Å²) >= 11 is 1.13. The van der Waals surface area contributed by atoms with E-state index >= 15 is 0 Å². The van der Waals surface area contributed by atoms with Crippen LogP contribution in [0, 0.1) is 5.41 Å². The van der Waals surface area contributed by atoms with E-state index < -0.39 is 23.4 Å². The molecule has 7 nitrogen and oxygen atoms in total. The van der Waals surface area contributed by atoms with Crippen molar-refractivity contribution in [2.45, 2.75) is 92.3 Å². The van der Waals surface area contributed by atoms with Crippen LogP contribution >= 0.6 is 18.2 Å². The van der Waals surface area contributed by atoms with Gasteiger partial charge in [0.05, 0.1) is 16.6 Å². The standard InChI is InChI=1S/C24H49N2O5PS/c1-10-23(6,7)30-32(28,31-24(8,11-2)12-3)33-20-19-29-21(27)22(4,5)13-14-26-17-15-25(9)16-18-26/h10-20H2,1-9H3. The molecule has 0 aromatic rings. The predicted octanol–water partition coefficient (Wildman–Crippen LogP) is 5.84. The number of hydrogen-bond donors (Lipinski definition) is 0. The summed E-state index contributed by atoms with van der Waals surface area (Å²) < 4.78 is 31.3. The Kier molecular flexibility index (Phi) is 12.4. The van der Waals surface area contributed by atoms with Gasteiger partial charge in [-0.15, -0.1) is 0 Å². The molecule has 196 valence electrons. The minimum atomic E-state index is -3.43. The Labute approximate surface area is 206 Å². The van der Waals surface area contributed by atoms with Crippen molar-refractivity contribution in [3.8, 4) is 0 Å². The largest absolute Gasteiger partial charge is 0.464 e. The highest BCUT2D eigenvalue weighted by atomic mass is 32.7. The zero-order valence-electron chi connectivity index (χ0n) is 22.6. The van der Waals surface area contributed by atoms with Crippen molar-refractivity contribution in [3.63, 3.8) is 0 Å². The second-order valence-electron chi connectivity index (χ2n) is 10.6. The van der Waals surface area contributed by atoms with Crippen LogP contribution in [0.25, 0.3) is 0 Å². The Morgan fingerprint density at radius 1 is 0.939 bits per heavy atom. The van der Waals surface area contributed by atoms with E-state index in [-0.39, 0.29) is 12.6 Å². The smallest absolute Gasteiger partial charge is 0.390 e. The maximum atomic E-state index is 13.6. The van der Waals surface area contributed by atoms with Gasteiger partial charge in [-0.05, 0) is 85.3 Å². The zero-order valence-corrected chi connectivity index (χ0v) is 24.3. The average molecular weight is 509 g/mol. The Morgan fingerprint density at radius 2 is 1.52 bits per heavy atom. The third-order valence-corrected chi connectivity index (χ3v) is 10.8. The monoisotopic (exact) mass is 508 g/mol. The highest BCUT2D eigenvalue weighted by molar-refractivity contribution is 8.55. The molecule has 0 aromatic heterocycles. The molecule has 1 rings (SSSR count). The predicted molar refractivity (Wildman–Crippen MR) is 139 cm³/mol. The van der Waals surface area contributed by atoms with Gasteiger partial charge < -0.3 is 14.5 Å². The molecule has 0 amide bonds. The molecule has 0 radical (unpaired) electrons. The summed E-state index contributed by atoms with van der Waals surface area (Å²) in [7, 11) is 2.14. The first-order chi connectivity index (χ1) is 15.2. The lowest BCUT2D eigenvalue weighted by molar-refractivity contribution is -0.153. The average Bonchev–Trinajstić information content (AvgIpc) is 2.75. The van der Waals surface area contributed by atoms with Crippen molar-refractivity contribution in [1.82, 2.24) is 9.80 Å². The summed E-state index contributed by atoms with van der Waals surface area (Å²) in [4.78, 5) is 17.5. The Hall–Kier alpha value is -0.110. The van der Waals surface area contributed by atoms with E-state index in [1.165, 1.54) is 0 Å². The van der Waals surface area contributed by atoms with Gasteiger partial charge in [-0.3, -0.25) is 13.8 Å². The minimum Gasteiger partial charge on any atom is -0.464 e. The molecule has 1 atom stereocenters. The molecule has 9 heteroatoms. The van der Waals surface area contributed by atoms with E-state index in [9.17, 15) is 9.36 Å². The van der Waals surface area contributed by atoms with Crippen molar-refractivity contribution in [2.75, 3.05) is 52.1 Å². The molecule has 0 spiro atoms. The number of hydrogen-bond acceptors (Lipinski definition) is 8. The van der Waals surface area contributed by atoms with E-state index in [0.29, 0.717) is 12.2 Å². The van der Waals surface area contributed by atoms with Crippen molar-refractivity contribution in [3.05, 3.63) is 0 Å². The molecule has 0 aliphatic carbocycles. The molecule has 33 heavy (non-hydrogen) atoms. The number of carbonyl (C=O) groups is 1. The molecule has 1 saturated heterocycles. The van der Waals surface area contributed by atoms with Crippen LogP contribution in [-0.2, 0) is 23.1 Å². The number of ether oxygens (including phenoxy) is 1. The molecular weight excluding hydrogens is 459 g/mol. The van der Waals surface area contributed by atoms with Crippen LogP contribution in [0.3, 0.4) is 0 Å². The quantitative estimate of drug-likeness (QED) is 0.155. The van der Waals surface area contributed by atoms with Gasteiger partial charge in [0, 0.05) is 31.9 Å². The second kappa shape index (κ2) is 13.3. The van der Waals surface area contributed by atoms with Crippen LogP contribution < -0.4 is 0 Å². The highest BCUT2D eigenvalue weighted by Gasteiger charge is 2.39. The molecule has 0 bridgehead atoms. The van der Waals surface area contributed by atoms with Gasteiger partial charge in [-0.2, -0.15) is 0 Å². The lowest BCUT2D eigenvalue weighted by Gasteiger charge is -2.35. The first-order valence-corrected chi connectivity index (χ1v) is 15.6. The van der Waals surface area contributed by atoms with E-state index in [4.69, 9.17) is 13.8 Å². The van der Waals surface area contributed by atoms with Gasteiger partial charge in [0.2, 0.25) is 0 Å².